The molecule has 2 atom stereocenters. The van der Waals surface area contributed by atoms with Crippen molar-refractivity contribution in [3.8, 4) is 16.5 Å². The summed E-state index contributed by atoms with van der Waals surface area (Å²) < 4.78 is 11.8. The van der Waals surface area contributed by atoms with Gasteiger partial charge in [-0.3, -0.25) is 4.79 Å². The van der Waals surface area contributed by atoms with Crippen molar-refractivity contribution in [2.24, 2.45) is 11.8 Å². The third kappa shape index (κ3) is 5.02. The molecule has 2 unspecified atom stereocenters. The van der Waals surface area contributed by atoms with Gasteiger partial charge in [-0.1, -0.05) is 37.3 Å². The number of nitrogens with one attached hydrogen (secondary N) is 2. The average Bonchev–Trinajstić information content (AvgIpc) is 3.39. The maximum atomic E-state index is 12.3. The molecule has 38 heavy (non-hydrogen) atoms. The van der Waals surface area contributed by atoms with Gasteiger partial charge < -0.3 is 19.9 Å². The number of carbonyl (C=O) groups excluding carboxylic acids is 1. The highest BCUT2D eigenvalue weighted by Crippen LogP contribution is 2.44. The zero-order valence-electron chi connectivity index (χ0n) is 21.6. The van der Waals surface area contributed by atoms with Gasteiger partial charge in [-0.05, 0) is 74.9 Å². The summed E-state index contributed by atoms with van der Waals surface area (Å²) in [5.41, 5.74) is 3.10. The summed E-state index contributed by atoms with van der Waals surface area (Å²) in [6, 6.07) is 11.9. The number of nitrogens with zero attached hydrogens (tertiary/aromatic N) is 4. The van der Waals surface area contributed by atoms with Gasteiger partial charge >= 0.3 is 0 Å². The Kier molecular flexibility index (Phi) is 6.84. The normalized spacial score (nSPS) is 21.6. The number of piperidine rings is 1. The Bertz CT molecular complexity index is 1400. The van der Waals surface area contributed by atoms with Crippen LogP contribution < -0.4 is 15.4 Å². The average molecular weight is 533 g/mol. The van der Waals surface area contributed by atoms with Crippen LogP contribution in [0.15, 0.2) is 47.1 Å². The minimum atomic E-state index is -0.174. The Labute approximate surface area is 225 Å². The lowest BCUT2D eigenvalue weighted by molar-refractivity contribution is 0.0902. The molecule has 1 aromatic carbocycles. The van der Waals surface area contributed by atoms with E-state index in [4.69, 9.17) is 14.2 Å². The van der Waals surface area contributed by atoms with Crippen LogP contribution in [0.25, 0.3) is 21.6 Å². The van der Waals surface area contributed by atoms with Crippen molar-refractivity contribution in [2.75, 3.05) is 19.7 Å². The standard InChI is InChI=1S/C28H32N6O3S/c1-17(2)21-15-29-13-11-28(21,24-16-30-34-37-24)12-14-36-27-33-23-10-9-22(32-26(23)38-27)18-3-5-19(6-4-18)25(35)31-20-7-8-20/h3-6,9-10,16-17,20-21,29H,7-8,11-15H2,1-2H3,(H,31,35). The molecule has 4 aromatic rings. The molecule has 0 bridgehead atoms. The molecule has 10 heteroatoms. The molecule has 6 rings (SSSR count). The number of amides is 1. The maximum absolute atomic E-state index is 12.3. The van der Waals surface area contributed by atoms with E-state index in [0.29, 0.717) is 35.2 Å². The molecule has 1 aliphatic carbocycles. The van der Waals surface area contributed by atoms with E-state index < -0.39 is 0 Å². The minimum absolute atomic E-state index is 0.0164. The molecule has 3 aromatic heterocycles. The maximum Gasteiger partial charge on any atom is 0.275 e. The summed E-state index contributed by atoms with van der Waals surface area (Å²) in [5.74, 6) is 1.69. The summed E-state index contributed by atoms with van der Waals surface area (Å²) >= 11 is 1.45. The van der Waals surface area contributed by atoms with Crippen LogP contribution in [-0.2, 0) is 5.41 Å². The number of rotatable bonds is 9. The van der Waals surface area contributed by atoms with Gasteiger partial charge in [0.1, 0.15) is 10.3 Å². The molecule has 2 fully saturated rings. The van der Waals surface area contributed by atoms with E-state index in [9.17, 15) is 4.79 Å². The Morgan fingerprint density at radius 1 is 1.21 bits per heavy atom. The van der Waals surface area contributed by atoms with Gasteiger partial charge in [-0.25, -0.2) is 9.97 Å². The van der Waals surface area contributed by atoms with Crippen LogP contribution in [0.5, 0.6) is 5.19 Å². The summed E-state index contributed by atoms with van der Waals surface area (Å²) in [4.78, 5) is 22.6. The van der Waals surface area contributed by atoms with Gasteiger partial charge in [0, 0.05) is 27.9 Å². The van der Waals surface area contributed by atoms with E-state index in [-0.39, 0.29) is 11.3 Å². The van der Waals surface area contributed by atoms with Crippen LogP contribution in [0, 0.1) is 11.8 Å². The van der Waals surface area contributed by atoms with E-state index in [1.165, 1.54) is 11.3 Å². The Morgan fingerprint density at radius 3 is 2.79 bits per heavy atom. The first-order valence-corrected chi connectivity index (χ1v) is 14.1. The molecular weight excluding hydrogens is 500 g/mol. The number of ether oxygens (including phenoxy) is 1. The molecular formula is C28H32N6O3S. The second-order valence-electron chi connectivity index (χ2n) is 10.7. The second-order valence-corrected chi connectivity index (χ2v) is 11.6. The van der Waals surface area contributed by atoms with Crippen molar-refractivity contribution < 1.29 is 14.1 Å². The fraction of sp³-hybridized carbons (Fsp3) is 0.464. The van der Waals surface area contributed by atoms with E-state index in [1.807, 2.05) is 36.4 Å². The highest BCUT2D eigenvalue weighted by Gasteiger charge is 2.46. The Hall–Kier alpha value is -3.37. The number of fused-ring (bicyclic) bond motifs is 1. The zero-order valence-corrected chi connectivity index (χ0v) is 22.5. The number of hydrogen-bond donors (Lipinski definition) is 2. The fourth-order valence-electron chi connectivity index (χ4n) is 5.58. The van der Waals surface area contributed by atoms with Gasteiger partial charge in [0.15, 0.2) is 5.76 Å². The molecule has 1 saturated heterocycles. The van der Waals surface area contributed by atoms with E-state index in [1.54, 1.807) is 6.20 Å². The third-order valence-corrected chi connectivity index (χ3v) is 8.72. The van der Waals surface area contributed by atoms with Crippen LogP contribution in [-0.4, -0.2) is 52.0 Å². The SMILES string of the molecule is CC(C)C1CNCCC1(CCOc1nc2ccc(-c3ccc(C(=O)NC4CC4)cc3)nc2s1)c1cnno1. The highest BCUT2D eigenvalue weighted by atomic mass is 32.1. The first kappa shape index (κ1) is 24.9. The van der Waals surface area contributed by atoms with Crippen LogP contribution in [0.2, 0.25) is 0 Å². The molecule has 1 aliphatic heterocycles. The number of carbonyl (C=O) groups is 1. The minimum Gasteiger partial charge on any atom is -0.470 e. The number of aromatic nitrogens is 4. The molecule has 0 radical (unpaired) electrons. The molecule has 0 spiro atoms. The van der Waals surface area contributed by atoms with Crippen LogP contribution in [0.3, 0.4) is 0 Å². The van der Waals surface area contributed by atoms with Gasteiger partial charge in [0.05, 0.1) is 18.5 Å². The largest absolute Gasteiger partial charge is 0.470 e. The van der Waals surface area contributed by atoms with E-state index >= 15 is 0 Å². The summed E-state index contributed by atoms with van der Waals surface area (Å²) in [6.45, 7) is 6.87. The van der Waals surface area contributed by atoms with E-state index in [2.05, 4.69) is 39.8 Å². The molecule has 2 N–H and O–H groups in total. The number of thiazole rings is 1. The quantitative estimate of drug-likeness (QED) is 0.321. The lowest BCUT2D eigenvalue weighted by Crippen LogP contribution is -2.50. The lowest BCUT2D eigenvalue weighted by Gasteiger charge is -2.44. The first-order valence-electron chi connectivity index (χ1n) is 13.3. The molecule has 1 amide bonds. The van der Waals surface area contributed by atoms with Crippen LogP contribution in [0.1, 0.15) is 55.6 Å². The Morgan fingerprint density at radius 2 is 2.05 bits per heavy atom. The van der Waals surface area contributed by atoms with E-state index in [0.717, 1.165) is 66.1 Å². The van der Waals surface area contributed by atoms with Crippen molar-refractivity contribution in [1.29, 1.82) is 0 Å². The van der Waals surface area contributed by atoms with Crippen molar-refractivity contribution in [3.63, 3.8) is 0 Å². The predicted molar refractivity (Wildman–Crippen MR) is 145 cm³/mol. The summed E-state index contributed by atoms with van der Waals surface area (Å²) in [5, 5.41) is 14.9. The van der Waals surface area contributed by atoms with Gasteiger partial charge in [0.25, 0.3) is 11.1 Å². The first-order chi connectivity index (χ1) is 18.5. The molecule has 1 saturated carbocycles. The zero-order chi connectivity index (χ0) is 26.1. The number of benzene rings is 1. The molecule has 198 valence electrons. The number of pyridine rings is 1. The molecule has 9 nitrogen and oxygen atoms in total. The van der Waals surface area contributed by atoms with Crippen LogP contribution in [0.4, 0.5) is 0 Å². The fourth-order valence-corrected chi connectivity index (χ4v) is 6.39. The van der Waals surface area contributed by atoms with Crippen molar-refractivity contribution in [1.82, 2.24) is 31.0 Å². The Balaban J connectivity index is 1.15. The summed E-state index contributed by atoms with van der Waals surface area (Å²) in [6.07, 6.45) is 5.65. The second kappa shape index (κ2) is 10.4. The topological polar surface area (TPSA) is 115 Å². The predicted octanol–water partition coefficient (Wildman–Crippen LogP) is 4.61. The summed E-state index contributed by atoms with van der Waals surface area (Å²) in [7, 11) is 0. The monoisotopic (exact) mass is 532 g/mol. The molecule has 2 aliphatic rings. The van der Waals surface area contributed by atoms with Crippen molar-refractivity contribution in [2.45, 2.75) is 51.0 Å². The van der Waals surface area contributed by atoms with Gasteiger partial charge in [0.2, 0.25) is 0 Å². The highest BCUT2D eigenvalue weighted by molar-refractivity contribution is 7.19. The smallest absolute Gasteiger partial charge is 0.275 e. The number of hydrogen-bond acceptors (Lipinski definition) is 9. The van der Waals surface area contributed by atoms with Crippen molar-refractivity contribution >= 4 is 27.6 Å². The molecule has 4 heterocycles. The van der Waals surface area contributed by atoms with Crippen molar-refractivity contribution in [3.05, 3.63) is 53.9 Å². The van der Waals surface area contributed by atoms with Gasteiger partial charge in [-0.15, -0.1) is 5.10 Å². The van der Waals surface area contributed by atoms with Crippen LogP contribution >= 0.6 is 11.3 Å². The third-order valence-electron chi connectivity index (χ3n) is 7.84. The lowest BCUT2D eigenvalue weighted by atomic mass is 9.63. The van der Waals surface area contributed by atoms with Gasteiger partial charge in [-0.2, -0.15) is 0 Å².